The number of hydrogen-bond donors (Lipinski definition) is 1. The van der Waals surface area contributed by atoms with Gasteiger partial charge in [-0.05, 0) is 37.1 Å². The Bertz CT molecular complexity index is 654. The van der Waals surface area contributed by atoms with Crippen molar-refractivity contribution in [3.8, 4) is 0 Å². The van der Waals surface area contributed by atoms with E-state index in [1.54, 1.807) is 24.9 Å². The van der Waals surface area contributed by atoms with Crippen LogP contribution in [-0.4, -0.2) is 17.0 Å². The van der Waals surface area contributed by atoms with Gasteiger partial charge in [-0.1, -0.05) is 12.1 Å². The summed E-state index contributed by atoms with van der Waals surface area (Å²) in [4.78, 5) is 15.1. The molecule has 0 fully saturated rings. The zero-order valence-electron chi connectivity index (χ0n) is 12.2. The molecule has 110 valence electrons. The van der Waals surface area contributed by atoms with Crippen LogP contribution in [0.25, 0.3) is 0 Å². The fraction of sp³-hybridized carbons (Fsp3) is 0.267. The number of aromatic nitrogens is 1. The highest BCUT2D eigenvalue weighted by Gasteiger charge is 2.16. The van der Waals surface area contributed by atoms with Crippen LogP contribution in [0.4, 0.5) is 11.4 Å². The van der Waals surface area contributed by atoms with Gasteiger partial charge in [0.1, 0.15) is 5.69 Å². The minimum Gasteiger partial charge on any atom is -0.382 e. The highest BCUT2D eigenvalue weighted by Crippen LogP contribution is 2.32. The largest absolute Gasteiger partial charge is 0.382 e. The first-order chi connectivity index (χ1) is 10.0. The monoisotopic (exact) mass is 303 g/mol. The number of nitro groups is 1. The number of para-hydroxylation sites is 1. The van der Waals surface area contributed by atoms with Gasteiger partial charge in [0.25, 0.3) is 5.69 Å². The van der Waals surface area contributed by atoms with Crippen molar-refractivity contribution < 1.29 is 4.92 Å². The SMILES string of the molecule is CNc1c(CSc2cc(C)cc(C)n2)cccc1[N+](=O)[O-]. The zero-order valence-corrected chi connectivity index (χ0v) is 13.0. The molecule has 0 radical (unpaired) electrons. The second kappa shape index (κ2) is 6.58. The lowest BCUT2D eigenvalue weighted by atomic mass is 10.1. The maximum absolute atomic E-state index is 11.0. The molecule has 5 nitrogen and oxygen atoms in total. The van der Waals surface area contributed by atoms with E-state index in [9.17, 15) is 10.1 Å². The first-order valence-corrected chi connectivity index (χ1v) is 7.52. The second-order valence-corrected chi connectivity index (χ2v) is 5.73. The van der Waals surface area contributed by atoms with Gasteiger partial charge in [-0.3, -0.25) is 10.1 Å². The topological polar surface area (TPSA) is 68.1 Å². The van der Waals surface area contributed by atoms with Gasteiger partial charge in [0.15, 0.2) is 0 Å². The van der Waals surface area contributed by atoms with Crippen LogP contribution in [0.15, 0.2) is 35.4 Å². The normalized spacial score (nSPS) is 10.4. The number of thioether (sulfide) groups is 1. The molecule has 2 aromatic rings. The standard InChI is InChI=1S/C15H17N3O2S/c1-10-7-11(2)17-14(8-10)21-9-12-5-4-6-13(18(19)20)15(12)16-3/h4-8,16H,9H2,1-3H3. The van der Waals surface area contributed by atoms with Gasteiger partial charge in [-0.15, -0.1) is 11.8 Å². The van der Waals surface area contributed by atoms with Gasteiger partial charge in [-0.25, -0.2) is 4.98 Å². The van der Waals surface area contributed by atoms with Gasteiger partial charge in [0, 0.05) is 24.6 Å². The highest BCUT2D eigenvalue weighted by molar-refractivity contribution is 7.98. The molecule has 0 atom stereocenters. The van der Waals surface area contributed by atoms with Gasteiger partial charge < -0.3 is 5.32 Å². The van der Waals surface area contributed by atoms with Gasteiger partial charge in [0.2, 0.25) is 0 Å². The lowest BCUT2D eigenvalue weighted by Crippen LogP contribution is -2.00. The Labute approximate surface area is 127 Å². The van der Waals surface area contributed by atoms with Crippen LogP contribution >= 0.6 is 11.8 Å². The quantitative estimate of drug-likeness (QED) is 0.515. The maximum Gasteiger partial charge on any atom is 0.292 e. The molecule has 0 aliphatic heterocycles. The van der Waals surface area contributed by atoms with E-state index < -0.39 is 0 Å². The molecule has 21 heavy (non-hydrogen) atoms. The van der Waals surface area contributed by atoms with Crippen molar-refractivity contribution in [3.63, 3.8) is 0 Å². The molecule has 0 amide bonds. The predicted octanol–water partition coefficient (Wildman–Crippen LogP) is 3.94. The first-order valence-electron chi connectivity index (χ1n) is 6.53. The average Bonchev–Trinajstić information content (AvgIpc) is 2.43. The van der Waals surface area contributed by atoms with Crippen LogP contribution in [0, 0.1) is 24.0 Å². The molecule has 6 heteroatoms. The number of aryl methyl sites for hydroxylation is 2. The van der Waals surface area contributed by atoms with E-state index in [1.165, 1.54) is 6.07 Å². The van der Waals surface area contributed by atoms with E-state index in [0.29, 0.717) is 11.4 Å². The van der Waals surface area contributed by atoms with Crippen LogP contribution < -0.4 is 5.32 Å². The third-order valence-corrected chi connectivity index (χ3v) is 3.99. The fourth-order valence-corrected chi connectivity index (χ4v) is 3.20. The predicted molar refractivity (Wildman–Crippen MR) is 85.9 cm³/mol. The third-order valence-electron chi connectivity index (χ3n) is 3.03. The van der Waals surface area contributed by atoms with Crippen molar-refractivity contribution in [2.45, 2.75) is 24.6 Å². The van der Waals surface area contributed by atoms with Crippen molar-refractivity contribution in [3.05, 3.63) is 57.3 Å². The number of pyridine rings is 1. The summed E-state index contributed by atoms with van der Waals surface area (Å²) in [6.07, 6.45) is 0. The zero-order chi connectivity index (χ0) is 15.4. The number of rotatable bonds is 5. The van der Waals surface area contributed by atoms with Crippen LogP contribution in [-0.2, 0) is 5.75 Å². The van der Waals surface area contributed by atoms with E-state index >= 15 is 0 Å². The summed E-state index contributed by atoms with van der Waals surface area (Å²) in [5.41, 5.74) is 3.71. The molecular weight excluding hydrogens is 286 g/mol. The number of nitrogens with zero attached hydrogens (tertiary/aromatic N) is 2. The van der Waals surface area contributed by atoms with Crippen LogP contribution in [0.5, 0.6) is 0 Å². The number of anilines is 1. The molecule has 0 aliphatic carbocycles. The molecular formula is C15H17N3O2S. The first kappa shape index (κ1) is 15.3. The molecule has 0 aliphatic rings. The smallest absolute Gasteiger partial charge is 0.292 e. The van der Waals surface area contributed by atoms with Gasteiger partial charge in [-0.2, -0.15) is 0 Å². The Balaban J connectivity index is 2.23. The molecule has 0 spiro atoms. The van der Waals surface area contributed by atoms with Crippen molar-refractivity contribution in [1.29, 1.82) is 0 Å². The van der Waals surface area contributed by atoms with Crippen LogP contribution in [0.2, 0.25) is 0 Å². The average molecular weight is 303 g/mol. The molecule has 1 N–H and O–H groups in total. The summed E-state index contributed by atoms with van der Waals surface area (Å²) in [7, 11) is 1.70. The Kier molecular flexibility index (Phi) is 4.80. The van der Waals surface area contributed by atoms with Crippen molar-refractivity contribution >= 4 is 23.1 Å². The van der Waals surface area contributed by atoms with Gasteiger partial charge in [0.05, 0.1) is 9.95 Å². The van der Waals surface area contributed by atoms with E-state index in [-0.39, 0.29) is 10.6 Å². The fourth-order valence-electron chi connectivity index (χ4n) is 2.18. The Morgan fingerprint density at radius 1 is 1.33 bits per heavy atom. The van der Waals surface area contributed by atoms with Gasteiger partial charge >= 0.3 is 0 Å². The molecule has 0 saturated heterocycles. The Morgan fingerprint density at radius 3 is 2.71 bits per heavy atom. The number of nitro benzene ring substituents is 1. The number of nitrogens with one attached hydrogen (secondary N) is 1. The van der Waals surface area contributed by atoms with E-state index in [4.69, 9.17) is 0 Å². The van der Waals surface area contributed by atoms with E-state index in [1.807, 2.05) is 32.0 Å². The van der Waals surface area contributed by atoms with Crippen LogP contribution in [0.1, 0.15) is 16.8 Å². The summed E-state index contributed by atoms with van der Waals surface area (Å²) in [6, 6.07) is 9.16. The Morgan fingerprint density at radius 2 is 2.10 bits per heavy atom. The highest BCUT2D eigenvalue weighted by atomic mass is 32.2. The second-order valence-electron chi connectivity index (χ2n) is 4.73. The summed E-state index contributed by atoms with van der Waals surface area (Å²) < 4.78 is 0. The minimum atomic E-state index is -0.366. The summed E-state index contributed by atoms with van der Waals surface area (Å²) in [5.74, 6) is 0.633. The molecule has 1 aromatic heterocycles. The number of benzene rings is 1. The van der Waals surface area contributed by atoms with Crippen molar-refractivity contribution in [1.82, 2.24) is 4.98 Å². The Hall–Kier alpha value is -2.08. The summed E-state index contributed by atoms with van der Waals surface area (Å²) in [5, 5.41) is 14.9. The molecule has 0 saturated carbocycles. The molecule has 1 aromatic carbocycles. The lowest BCUT2D eigenvalue weighted by molar-refractivity contribution is -0.384. The van der Waals surface area contributed by atoms with Crippen LogP contribution in [0.3, 0.4) is 0 Å². The molecule has 1 heterocycles. The van der Waals surface area contributed by atoms with E-state index in [0.717, 1.165) is 21.8 Å². The summed E-state index contributed by atoms with van der Waals surface area (Å²) in [6.45, 7) is 3.99. The van der Waals surface area contributed by atoms with Crippen molar-refractivity contribution in [2.24, 2.45) is 0 Å². The summed E-state index contributed by atoms with van der Waals surface area (Å²) >= 11 is 1.58. The van der Waals surface area contributed by atoms with E-state index in [2.05, 4.69) is 10.3 Å². The lowest BCUT2D eigenvalue weighted by Gasteiger charge is -2.09. The maximum atomic E-state index is 11.0. The molecule has 0 bridgehead atoms. The molecule has 2 rings (SSSR count). The minimum absolute atomic E-state index is 0.101. The molecule has 0 unspecified atom stereocenters. The number of hydrogen-bond acceptors (Lipinski definition) is 5. The third kappa shape index (κ3) is 3.72. The van der Waals surface area contributed by atoms with Crippen molar-refractivity contribution in [2.75, 3.05) is 12.4 Å².